The van der Waals surface area contributed by atoms with E-state index in [2.05, 4.69) is 10.6 Å². The Morgan fingerprint density at radius 2 is 2.13 bits per heavy atom. The lowest BCUT2D eigenvalue weighted by atomic mass is 10.2. The number of nitriles is 1. The first-order chi connectivity index (χ1) is 11.3. The van der Waals surface area contributed by atoms with E-state index in [-0.39, 0.29) is 18.3 Å². The number of piperazine rings is 1. The van der Waals surface area contributed by atoms with Crippen molar-refractivity contribution in [1.29, 1.82) is 5.26 Å². The molecule has 2 N–H and O–H groups in total. The second-order valence-electron chi connectivity index (χ2n) is 5.28. The second-order valence-corrected chi connectivity index (χ2v) is 5.28. The summed E-state index contributed by atoms with van der Waals surface area (Å²) >= 11 is 0. The SMILES string of the molecule is N#C/C(=C/NCc1ccc2c(c1)OCO2)C(=O)N1CCNCC1. The predicted molar refractivity (Wildman–Crippen MR) is 82.6 cm³/mol. The minimum absolute atomic E-state index is 0.118. The lowest BCUT2D eigenvalue weighted by Crippen LogP contribution is -2.46. The molecule has 1 aromatic rings. The molecule has 23 heavy (non-hydrogen) atoms. The van der Waals surface area contributed by atoms with Gasteiger partial charge in [0, 0.05) is 38.9 Å². The molecule has 2 aliphatic heterocycles. The Balaban J connectivity index is 1.59. The molecule has 0 aliphatic carbocycles. The number of hydrogen-bond acceptors (Lipinski definition) is 6. The maximum atomic E-state index is 12.3. The zero-order valence-corrected chi connectivity index (χ0v) is 12.7. The third-order valence-corrected chi connectivity index (χ3v) is 3.74. The van der Waals surface area contributed by atoms with E-state index < -0.39 is 0 Å². The molecule has 7 nitrogen and oxygen atoms in total. The van der Waals surface area contributed by atoms with E-state index in [4.69, 9.17) is 9.47 Å². The van der Waals surface area contributed by atoms with Gasteiger partial charge in [0.2, 0.25) is 6.79 Å². The van der Waals surface area contributed by atoms with Gasteiger partial charge in [-0.25, -0.2) is 0 Å². The topological polar surface area (TPSA) is 86.6 Å². The average Bonchev–Trinajstić information content (AvgIpc) is 3.07. The minimum atomic E-state index is -0.229. The van der Waals surface area contributed by atoms with Gasteiger partial charge in [-0.3, -0.25) is 4.79 Å². The van der Waals surface area contributed by atoms with E-state index in [9.17, 15) is 10.1 Å². The summed E-state index contributed by atoms with van der Waals surface area (Å²) in [6, 6.07) is 7.61. The lowest BCUT2D eigenvalue weighted by molar-refractivity contribution is -0.127. The fourth-order valence-corrected chi connectivity index (χ4v) is 2.50. The summed E-state index contributed by atoms with van der Waals surface area (Å²) < 4.78 is 10.6. The number of hydrogen-bond donors (Lipinski definition) is 2. The van der Waals surface area contributed by atoms with Gasteiger partial charge in [-0.05, 0) is 17.7 Å². The van der Waals surface area contributed by atoms with Crippen molar-refractivity contribution < 1.29 is 14.3 Å². The molecule has 0 saturated carbocycles. The molecule has 0 radical (unpaired) electrons. The zero-order chi connectivity index (χ0) is 16.1. The Morgan fingerprint density at radius 1 is 1.35 bits per heavy atom. The van der Waals surface area contributed by atoms with Gasteiger partial charge < -0.3 is 25.0 Å². The van der Waals surface area contributed by atoms with E-state index in [1.54, 1.807) is 4.90 Å². The van der Waals surface area contributed by atoms with Crippen molar-refractivity contribution in [2.24, 2.45) is 0 Å². The molecule has 0 unspecified atom stereocenters. The van der Waals surface area contributed by atoms with Crippen LogP contribution in [0.2, 0.25) is 0 Å². The first-order valence-electron chi connectivity index (χ1n) is 7.50. The van der Waals surface area contributed by atoms with Crippen LogP contribution < -0.4 is 20.1 Å². The standard InChI is InChI=1S/C16H18N4O3/c17-8-13(16(21)20-5-3-18-4-6-20)10-19-9-12-1-2-14-15(7-12)23-11-22-14/h1-2,7,10,18-19H,3-6,9,11H2/b13-10-. The summed E-state index contributed by atoms with van der Waals surface area (Å²) in [5, 5.41) is 15.4. The largest absolute Gasteiger partial charge is 0.454 e. The van der Waals surface area contributed by atoms with Crippen LogP contribution in [0.4, 0.5) is 0 Å². The number of ether oxygens (including phenoxy) is 2. The van der Waals surface area contributed by atoms with Crippen LogP contribution in [0, 0.1) is 11.3 Å². The molecule has 1 aromatic carbocycles. The molecule has 7 heteroatoms. The summed E-state index contributed by atoms with van der Waals surface area (Å²) in [6.07, 6.45) is 1.48. The molecule has 0 aromatic heterocycles. The van der Waals surface area contributed by atoms with Gasteiger partial charge >= 0.3 is 0 Å². The van der Waals surface area contributed by atoms with Gasteiger partial charge in [-0.15, -0.1) is 0 Å². The number of nitrogens with one attached hydrogen (secondary N) is 2. The minimum Gasteiger partial charge on any atom is -0.454 e. The molecule has 3 rings (SSSR count). The number of amides is 1. The van der Waals surface area contributed by atoms with Crippen LogP contribution >= 0.6 is 0 Å². The third-order valence-electron chi connectivity index (χ3n) is 3.74. The number of rotatable bonds is 4. The summed E-state index contributed by atoms with van der Waals surface area (Å²) in [5.74, 6) is 1.22. The Bertz CT molecular complexity index is 660. The normalized spacial score (nSPS) is 16.8. The van der Waals surface area contributed by atoms with Crippen LogP contribution in [0.15, 0.2) is 30.0 Å². The Morgan fingerprint density at radius 3 is 2.91 bits per heavy atom. The van der Waals surface area contributed by atoms with Crippen LogP contribution in [0.5, 0.6) is 11.5 Å². The molecule has 2 heterocycles. The Kier molecular flexibility index (Phi) is 4.64. The highest BCUT2D eigenvalue weighted by Gasteiger charge is 2.20. The maximum absolute atomic E-state index is 12.3. The average molecular weight is 314 g/mol. The first kappa shape index (κ1) is 15.2. The van der Waals surface area contributed by atoms with Gasteiger partial charge in [0.1, 0.15) is 11.6 Å². The predicted octanol–water partition coefficient (Wildman–Crippen LogP) is 0.344. The molecular formula is C16H18N4O3. The van der Waals surface area contributed by atoms with E-state index in [0.717, 1.165) is 24.4 Å². The van der Waals surface area contributed by atoms with Crippen molar-refractivity contribution in [3.63, 3.8) is 0 Å². The van der Waals surface area contributed by atoms with Crippen LogP contribution in [0.1, 0.15) is 5.56 Å². The summed E-state index contributed by atoms with van der Waals surface area (Å²) in [6.45, 7) is 3.50. The number of benzene rings is 1. The molecule has 2 aliphatic rings. The Labute approximate surface area is 134 Å². The van der Waals surface area contributed by atoms with Gasteiger partial charge in [-0.2, -0.15) is 5.26 Å². The molecule has 0 bridgehead atoms. The van der Waals surface area contributed by atoms with E-state index in [1.165, 1.54) is 6.20 Å². The van der Waals surface area contributed by atoms with E-state index in [0.29, 0.717) is 25.4 Å². The lowest BCUT2D eigenvalue weighted by Gasteiger charge is -2.27. The van der Waals surface area contributed by atoms with Crippen molar-refractivity contribution in [2.45, 2.75) is 6.54 Å². The number of carbonyl (C=O) groups excluding carboxylic acids is 1. The van der Waals surface area contributed by atoms with Crippen LogP contribution in [-0.2, 0) is 11.3 Å². The van der Waals surface area contributed by atoms with Gasteiger partial charge in [0.25, 0.3) is 5.91 Å². The highest BCUT2D eigenvalue weighted by atomic mass is 16.7. The highest BCUT2D eigenvalue weighted by Crippen LogP contribution is 2.32. The third kappa shape index (κ3) is 3.55. The molecule has 120 valence electrons. The number of nitrogens with zero attached hydrogens (tertiary/aromatic N) is 2. The summed E-state index contributed by atoms with van der Waals surface area (Å²) in [7, 11) is 0. The van der Waals surface area contributed by atoms with Crippen LogP contribution in [0.25, 0.3) is 0 Å². The second kappa shape index (κ2) is 7.03. The molecule has 1 amide bonds. The van der Waals surface area contributed by atoms with Crippen LogP contribution in [0.3, 0.4) is 0 Å². The molecule has 1 fully saturated rings. The first-order valence-corrected chi connectivity index (χ1v) is 7.50. The van der Waals surface area contributed by atoms with E-state index in [1.807, 2.05) is 24.3 Å². The Hall–Kier alpha value is -2.72. The van der Waals surface area contributed by atoms with Crippen molar-refractivity contribution in [3.8, 4) is 17.6 Å². The van der Waals surface area contributed by atoms with Gasteiger partial charge in [0.15, 0.2) is 11.5 Å². The smallest absolute Gasteiger partial charge is 0.266 e. The van der Waals surface area contributed by atoms with E-state index >= 15 is 0 Å². The monoisotopic (exact) mass is 314 g/mol. The number of carbonyl (C=O) groups is 1. The molecule has 0 spiro atoms. The van der Waals surface area contributed by atoms with Gasteiger partial charge in [-0.1, -0.05) is 6.07 Å². The van der Waals surface area contributed by atoms with Crippen LogP contribution in [-0.4, -0.2) is 43.8 Å². The fourth-order valence-electron chi connectivity index (χ4n) is 2.50. The molecule has 0 atom stereocenters. The summed E-state index contributed by atoms with van der Waals surface area (Å²) in [4.78, 5) is 13.9. The van der Waals surface area contributed by atoms with Crippen molar-refractivity contribution >= 4 is 5.91 Å². The van der Waals surface area contributed by atoms with Crippen molar-refractivity contribution in [2.75, 3.05) is 33.0 Å². The van der Waals surface area contributed by atoms with Crippen molar-refractivity contribution in [3.05, 3.63) is 35.5 Å². The summed E-state index contributed by atoms with van der Waals surface area (Å²) in [5.41, 5.74) is 1.10. The maximum Gasteiger partial charge on any atom is 0.266 e. The fraction of sp³-hybridized carbons (Fsp3) is 0.375. The zero-order valence-electron chi connectivity index (χ0n) is 12.7. The van der Waals surface area contributed by atoms with Gasteiger partial charge in [0.05, 0.1) is 0 Å². The molecular weight excluding hydrogens is 296 g/mol. The number of fused-ring (bicyclic) bond motifs is 1. The highest BCUT2D eigenvalue weighted by molar-refractivity contribution is 5.97. The quantitative estimate of drug-likeness (QED) is 0.616. The van der Waals surface area contributed by atoms with Crippen molar-refractivity contribution in [1.82, 2.24) is 15.5 Å². The molecule has 1 saturated heterocycles.